The van der Waals surface area contributed by atoms with Crippen molar-refractivity contribution in [1.29, 1.82) is 0 Å². The number of carbonyl (C=O) groups is 1. The molecule has 0 heterocycles. The lowest BCUT2D eigenvalue weighted by Gasteiger charge is -2.10. The van der Waals surface area contributed by atoms with E-state index in [9.17, 15) is 13.2 Å². The summed E-state index contributed by atoms with van der Waals surface area (Å²) < 4.78 is 31.8. The first-order valence-corrected chi connectivity index (χ1v) is 9.36. The molecule has 24 heavy (non-hydrogen) atoms. The van der Waals surface area contributed by atoms with Gasteiger partial charge in [-0.25, -0.2) is 13.2 Å². The number of aryl methyl sites for hydroxylation is 1. The molecule has 0 aliphatic carbocycles. The van der Waals surface area contributed by atoms with Gasteiger partial charge in [0.2, 0.25) is 10.0 Å². The van der Waals surface area contributed by atoms with Gasteiger partial charge in [-0.1, -0.05) is 41.4 Å². The van der Waals surface area contributed by atoms with Gasteiger partial charge in [-0.15, -0.1) is 0 Å². The number of benzene rings is 2. The first-order chi connectivity index (χ1) is 11.3. The molecule has 0 spiro atoms. The Morgan fingerprint density at radius 1 is 1.17 bits per heavy atom. The maximum atomic E-state index is 12.2. The van der Waals surface area contributed by atoms with Crippen LogP contribution in [0, 0.1) is 6.92 Å². The van der Waals surface area contributed by atoms with Gasteiger partial charge in [0.15, 0.2) is 0 Å². The molecule has 0 bridgehead atoms. The molecule has 2 aromatic rings. The number of nitrogens with one attached hydrogen (secondary N) is 1. The zero-order valence-corrected chi connectivity index (χ0v) is 14.9. The summed E-state index contributed by atoms with van der Waals surface area (Å²) in [6.45, 7) is 3.86. The molecule has 0 unspecified atom stereocenters. The van der Waals surface area contributed by atoms with E-state index in [0.717, 1.165) is 5.56 Å². The largest absolute Gasteiger partial charge is 0.462 e. The van der Waals surface area contributed by atoms with E-state index in [0.29, 0.717) is 11.3 Å². The average Bonchev–Trinajstić information content (AvgIpc) is 2.49. The Kier molecular flexibility index (Phi) is 5.85. The van der Waals surface area contributed by atoms with Gasteiger partial charge in [0.1, 0.15) is 0 Å². The van der Waals surface area contributed by atoms with Crippen molar-refractivity contribution in [3.63, 3.8) is 0 Å². The van der Waals surface area contributed by atoms with Crippen LogP contribution in [0.3, 0.4) is 0 Å². The molecule has 0 atom stereocenters. The topological polar surface area (TPSA) is 72.5 Å². The van der Waals surface area contributed by atoms with Gasteiger partial charge in [0.05, 0.1) is 28.6 Å². The molecule has 0 aliphatic heterocycles. The van der Waals surface area contributed by atoms with Crippen LogP contribution in [0.2, 0.25) is 5.02 Å². The summed E-state index contributed by atoms with van der Waals surface area (Å²) in [4.78, 5) is 11.7. The molecule has 2 rings (SSSR count). The minimum atomic E-state index is -3.59. The summed E-state index contributed by atoms with van der Waals surface area (Å²) in [5, 5.41) is 0.129. The van der Waals surface area contributed by atoms with Crippen LogP contribution in [-0.2, 0) is 20.5 Å². The summed E-state index contributed by atoms with van der Waals surface area (Å²) in [6, 6.07) is 11.6. The van der Waals surface area contributed by atoms with Crippen LogP contribution >= 0.6 is 11.6 Å². The lowest BCUT2D eigenvalue weighted by molar-refractivity contribution is 0.0526. The molecule has 0 amide bonds. The fraction of sp³-hybridized carbons (Fsp3) is 0.235. The van der Waals surface area contributed by atoms with Crippen LogP contribution in [0.5, 0.6) is 0 Å². The third-order valence-electron chi connectivity index (χ3n) is 3.22. The maximum absolute atomic E-state index is 12.2. The van der Waals surface area contributed by atoms with E-state index >= 15 is 0 Å². The molecule has 0 saturated heterocycles. The predicted octanol–water partition coefficient (Wildman–Crippen LogP) is 3.77. The first-order valence-electron chi connectivity index (χ1n) is 7.33. The highest BCUT2D eigenvalue weighted by Crippen LogP contribution is 2.23. The zero-order valence-electron chi connectivity index (χ0n) is 13.4. The molecule has 0 radical (unpaired) electrons. The SMILES string of the molecule is CCOC(=O)c1ccc(NS(=O)(=O)Cc2ccc(C)cc2)cc1Cl. The molecule has 7 heteroatoms. The van der Waals surface area contributed by atoms with Crippen molar-refractivity contribution in [2.45, 2.75) is 19.6 Å². The highest BCUT2D eigenvalue weighted by Gasteiger charge is 2.15. The normalized spacial score (nSPS) is 11.1. The average molecular weight is 368 g/mol. The Labute approximate surface area is 146 Å². The molecule has 128 valence electrons. The maximum Gasteiger partial charge on any atom is 0.339 e. The molecule has 0 aromatic heterocycles. The van der Waals surface area contributed by atoms with E-state index < -0.39 is 16.0 Å². The molecule has 2 aromatic carbocycles. The highest BCUT2D eigenvalue weighted by atomic mass is 35.5. The molecule has 0 saturated carbocycles. The van der Waals surface area contributed by atoms with E-state index in [2.05, 4.69) is 4.72 Å². The van der Waals surface area contributed by atoms with Gasteiger partial charge >= 0.3 is 5.97 Å². The van der Waals surface area contributed by atoms with Crippen molar-refractivity contribution in [2.24, 2.45) is 0 Å². The van der Waals surface area contributed by atoms with E-state index in [1.165, 1.54) is 18.2 Å². The van der Waals surface area contributed by atoms with Crippen molar-refractivity contribution in [2.75, 3.05) is 11.3 Å². The zero-order chi connectivity index (χ0) is 17.7. The van der Waals surface area contributed by atoms with E-state index in [-0.39, 0.29) is 22.9 Å². The lowest BCUT2D eigenvalue weighted by Crippen LogP contribution is -2.15. The second-order valence-corrected chi connectivity index (χ2v) is 7.39. The number of carbonyl (C=O) groups excluding carboxylic acids is 1. The Morgan fingerprint density at radius 2 is 1.83 bits per heavy atom. The molecular formula is C17H18ClNO4S. The van der Waals surface area contributed by atoms with Gasteiger partial charge in [-0.2, -0.15) is 0 Å². The van der Waals surface area contributed by atoms with Crippen LogP contribution < -0.4 is 4.72 Å². The lowest BCUT2D eigenvalue weighted by atomic mass is 10.2. The third-order valence-corrected chi connectivity index (χ3v) is 4.79. The standard InChI is InChI=1S/C17H18ClNO4S/c1-3-23-17(20)15-9-8-14(10-16(15)18)19-24(21,22)11-13-6-4-12(2)5-7-13/h4-10,19H,3,11H2,1-2H3. The fourth-order valence-corrected chi connectivity index (χ4v) is 3.52. The number of hydrogen-bond donors (Lipinski definition) is 1. The van der Waals surface area contributed by atoms with Crippen molar-refractivity contribution in [3.8, 4) is 0 Å². The fourth-order valence-electron chi connectivity index (χ4n) is 2.07. The Balaban J connectivity index is 2.13. The number of ether oxygens (including phenoxy) is 1. The smallest absolute Gasteiger partial charge is 0.339 e. The van der Waals surface area contributed by atoms with Crippen molar-refractivity contribution in [1.82, 2.24) is 0 Å². The number of hydrogen-bond acceptors (Lipinski definition) is 4. The van der Waals surface area contributed by atoms with Crippen LogP contribution in [0.15, 0.2) is 42.5 Å². The quantitative estimate of drug-likeness (QED) is 0.789. The number of anilines is 1. The molecule has 0 fully saturated rings. The van der Waals surface area contributed by atoms with Crippen LogP contribution in [0.4, 0.5) is 5.69 Å². The number of sulfonamides is 1. The van der Waals surface area contributed by atoms with E-state index in [1.54, 1.807) is 19.1 Å². The summed E-state index contributed by atoms with van der Waals surface area (Å²) in [6.07, 6.45) is 0. The number of halogens is 1. The summed E-state index contributed by atoms with van der Waals surface area (Å²) in [5.41, 5.74) is 2.23. The van der Waals surface area contributed by atoms with Crippen LogP contribution in [-0.4, -0.2) is 21.0 Å². The van der Waals surface area contributed by atoms with Crippen molar-refractivity contribution < 1.29 is 17.9 Å². The Hall–Kier alpha value is -2.05. The summed E-state index contributed by atoms with van der Waals surface area (Å²) >= 11 is 6.03. The highest BCUT2D eigenvalue weighted by molar-refractivity contribution is 7.91. The van der Waals surface area contributed by atoms with Crippen molar-refractivity contribution >= 4 is 33.3 Å². The monoisotopic (exact) mass is 367 g/mol. The first kappa shape index (κ1) is 18.3. The number of rotatable bonds is 6. The van der Waals surface area contributed by atoms with Gasteiger partial charge in [0.25, 0.3) is 0 Å². The Morgan fingerprint density at radius 3 is 2.42 bits per heavy atom. The summed E-state index contributed by atoms with van der Waals surface area (Å²) in [5.74, 6) is -0.693. The van der Waals surface area contributed by atoms with Crippen LogP contribution in [0.25, 0.3) is 0 Å². The second kappa shape index (κ2) is 7.68. The van der Waals surface area contributed by atoms with Gasteiger partial charge in [0, 0.05) is 0 Å². The minimum absolute atomic E-state index is 0.129. The summed E-state index contributed by atoms with van der Waals surface area (Å²) in [7, 11) is -3.59. The Bertz CT molecular complexity index is 832. The van der Waals surface area contributed by atoms with E-state index in [1.807, 2.05) is 19.1 Å². The van der Waals surface area contributed by atoms with Gasteiger partial charge in [-0.05, 0) is 37.6 Å². The van der Waals surface area contributed by atoms with Gasteiger partial charge in [-0.3, -0.25) is 4.72 Å². The van der Waals surface area contributed by atoms with E-state index in [4.69, 9.17) is 16.3 Å². The molecule has 1 N–H and O–H groups in total. The predicted molar refractivity (Wildman–Crippen MR) is 94.8 cm³/mol. The number of esters is 1. The van der Waals surface area contributed by atoms with Crippen LogP contribution in [0.1, 0.15) is 28.4 Å². The second-order valence-electron chi connectivity index (χ2n) is 5.26. The molecule has 5 nitrogen and oxygen atoms in total. The van der Waals surface area contributed by atoms with Crippen molar-refractivity contribution in [3.05, 3.63) is 64.2 Å². The third kappa shape index (κ3) is 4.97. The molecule has 0 aliphatic rings. The van der Waals surface area contributed by atoms with Gasteiger partial charge < -0.3 is 4.74 Å². The minimum Gasteiger partial charge on any atom is -0.462 e. The molecular weight excluding hydrogens is 350 g/mol.